The van der Waals surface area contributed by atoms with Crippen molar-refractivity contribution in [2.24, 2.45) is 5.84 Å². The van der Waals surface area contributed by atoms with Gasteiger partial charge in [-0.25, -0.2) is 15.8 Å². The lowest BCUT2D eigenvalue weighted by atomic mass is 10.4. The highest BCUT2D eigenvalue weighted by Gasteiger charge is 2.05. The van der Waals surface area contributed by atoms with Crippen molar-refractivity contribution in [3.05, 3.63) is 11.9 Å². The molecule has 0 unspecified atom stereocenters. The molecule has 8 heteroatoms. The first-order chi connectivity index (χ1) is 9.69. The Morgan fingerprint density at radius 2 is 2.10 bits per heavy atom. The van der Waals surface area contributed by atoms with Crippen molar-refractivity contribution in [3.63, 3.8) is 0 Å². The van der Waals surface area contributed by atoms with Gasteiger partial charge in [-0.15, -0.1) is 0 Å². The average molecular weight is 282 g/mol. The van der Waals surface area contributed by atoms with E-state index in [1.807, 2.05) is 13.8 Å². The number of nitrogens with two attached hydrogens (primary N) is 1. The second-order valence-corrected chi connectivity index (χ2v) is 3.97. The number of aromatic nitrogens is 2. The van der Waals surface area contributed by atoms with Crippen molar-refractivity contribution in [1.29, 1.82) is 0 Å². The maximum atomic E-state index is 11.3. The topological polar surface area (TPSA) is 114 Å². The van der Waals surface area contributed by atoms with Crippen LogP contribution in [0.4, 0.5) is 11.6 Å². The van der Waals surface area contributed by atoms with Crippen LogP contribution in [0.1, 0.15) is 26.1 Å². The third-order valence-electron chi connectivity index (χ3n) is 2.39. The number of nitrogens with zero attached hydrogens (tertiary/aromatic N) is 2. The van der Waals surface area contributed by atoms with E-state index in [9.17, 15) is 4.79 Å². The van der Waals surface area contributed by atoms with Gasteiger partial charge in [0.2, 0.25) is 5.91 Å². The third-order valence-corrected chi connectivity index (χ3v) is 2.39. The number of ether oxygens (including phenoxy) is 1. The first-order valence-electron chi connectivity index (χ1n) is 6.62. The molecule has 0 bridgehead atoms. The Kier molecular flexibility index (Phi) is 7.30. The molecule has 1 heterocycles. The SMILES string of the molecule is CCNC(=O)CCNc1cc(NN)nc(COCC)n1. The number of carbonyl (C=O) groups is 1. The van der Waals surface area contributed by atoms with Crippen LogP contribution in [0.2, 0.25) is 0 Å². The number of hydrazine groups is 1. The number of nitrogen functional groups attached to an aromatic ring is 1. The Morgan fingerprint density at radius 3 is 2.75 bits per heavy atom. The molecule has 0 atom stereocenters. The minimum Gasteiger partial charge on any atom is -0.374 e. The van der Waals surface area contributed by atoms with E-state index in [0.717, 1.165) is 0 Å². The van der Waals surface area contributed by atoms with Gasteiger partial charge in [0, 0.05) is 32.2 Å². The molecule has 0 aliphatic carbocycles. The lowest BCUT2D eigenvalue weighted by molar-refractivity contribution is -0.120. The van der Waals surface area contributed by atoms with Crippen molar-refractivity contribution in [3.8, 4) is 0 Å². The number of anilines is 2. The second-order valence-electron chi connectivity index (χ2n) is 3.97. The smallest absolute Gasteiger partial charge is 0.221 e. The third kappa shape index (κ3) is 5.81. The summed E-state index contributed by atoms with van der Waals surface area (Å²) in [5.41, 5.74) is 2.48. The summed E-state index contributed by atoms with van der Waals surface area (Å²) in [5, 5.41) is 5.79. The van der Waals surface area contributed by atoms with Gasteiger partial charge in [0.15, 0.2) is 5.82 Å². The Balaban J connectivity index is 2.57. The lowest BCUT2D eigenvalue weighted by Gasteiger charge is -2.09. The Hall–Kier alpha value is -1.93. The molecule has 5 N–H and O–H groups in total. The van der Waals surface area contributed by atoms with Gasteiger partial charge >= 0.3 is 0 Å². The summed E-state index contributed by atoms with van der Waals surface area (Å²) in [4.78, 5) is 19.8. The summed E-state index contributed by atoms with van der Waals surface area (Å²) < 4.78 is 5.26. The van der Waals surface area contributed by atoms with E-state index < -0.39 is 0 Å². The maximum absolute atomic E-state index is 11.3. The molecule has 8 nitrogen and oxygen atoms in total. The molecule has 1 aromatic heterocycles. The zero-order valence-electron chi connectivity index (χ0n) is 11.9. The average Bonchev–Trinajstić information content (AvgIpc) is 2.45. The number of hydrogen-bond donors (Lipinski definition) is 4. The number of carbonyl (C=O) groups excluding carboxylic acids is 1. The van der Waals surface area contributed by atoms with Crippen LogP contribution < -0.4 is 21.9 Å². The molecule has 20 heavy (non-hydrogen) atoms. The molecule has 0 fully saturated rings. The quantitative estimate of drug-likeness (QED) is 0.379. The molecular weight excluding hydrogens is 260 g/mol. The summed E-state index contributed by atoms with van der Waals surface area (Å²) in [6, 6.07) is 1.67. The maximum Gasteiger partial charge on any atom is 0.221 e. The van der Waals surface area contributed by atoms with E-state index in [0.29, 0.717) is 50.2 Å². The van der Waals surface area contributed by atoms with Gasteiger partial charge < -0.3 is 20.8 Å². The van der Waals surface area contributed by atoms with Crippen LogP contribution in [0.15, 0.2) is 6.07 Å². The summed E-state index contributed by atoms with van der Waals surface area (Å²) in [6.07, 6.45) is 0.379. The van der Waals surface area contributed by atoms with Crippen LogP contribution in [0.25, 0.3) is 0 Å². The number of nitrogens with one attached hydrogen (secondary N) is 3. The van der Waals surface area contributed by atoms with Crippen molar-refractivity contribution >= 4 is 17.5 Å². The molecule has 1 amide bonds. The number of hydrogen-bond acceptors (Lipinski definition) is 7. The van der Waals surface area contributed by atoms with Crippen molar-refractivity contribution in [2.45, 2.75) is 26.9 Å². The molecule has 1 rings (SSSR count). The van der Waals surface area contributed by atoms with Gasteiger partial charge in [0.05, 0.1) is 0 Å². The zero-order chi connectivity index (χ0) is 14.8. The fraction of sp³-hybridized carbons (Fsp3) is 0.583. The predicted molar refractivity (Wildman–Crippen MR) is 77.0 cm³/mol. The van der Waals surface area contributed by atoms with E-state index in [-0.39, 0.29) is 5.91 Å². The number of rotatable bonds is 9. The van der Waals surface area contributed by atoms with Crippen LogP contribution in [0.3, 0.4) is 0 Å². The van der Waals surface area contributed by atoms with Crippen LogP contribution in [0, 0.1) is 0 Å². The second kappa shape index (κ2) is 9.05. The highest BCUT2D eigenvalue weighted by atomic mass is 16.5. The number of amides is 1. The first kappa shape index (κ1) is 16.1. The van der Waals surface area contributed by atoms with E-state index in [1.54, 1.807) is 6.07 Å². The molecule has 0 aliphatic heterocycles. The largest absolute Gasteiger partial charge is 0.374 e. The standard InChI is InChI=1S/C12H22N6O2/c1-3-14-12(19)5-6-15-9-7-10(18-13)17-11(16-9)8-20-4-2/h7H,3-6,8,13H2,1-2H3,(H,14,19)(H2,15,16,17,18). The highest BCUT2D eigenvalue weighted by molar-refractivity contribution is 5.76. The minimum atomic E-state index is 0.000712. The molecule has 0 spiro atoms. The van der Waals surface area contributed by atoms with Crippen molar-refractivity contribution in [1.82, 2.24) is 15.3 Å². The summed E-state index contributed by atoms with van der Waals surface area (Å²) >= 11 is 0. The van der Waals surface area contributed by atoms with E-state index >= 15 is 0 Å². The van der Waals surface area contributed by atoms with Gasteiger partial charge in [0.25, 0.3) is 0 Å². The summed E-state index contributed by atoms with van der Waals surface area (Å²) in [7, 11) is 0. The summed E-state index contributed by atoms with van der Waals surface area (Å²) in [5.74, 6) is 6.99. The van der Waals surface area contributed by atoms with Crippen LogP contribution in [-0.2, 0) is 16.1 Å². The molecule has 0 radical (unpaired) electrons. The lowest BCUT2D eigenvalue weighted by Crippen LogP contribution is -2.25. The van der Waals surface area contributed by atoms with Crippen LogP contribution in [-0.4, -0.2) is 35.6 Å². The van der Waals surface area contributed by atoms with Gasteiger partial charge in [-0.05, 0) is 13.8 Å². The summed E-state index contributed by atoms with van der Waals surface area (Å²) in [6.45, 7) is 5.80. The Labute approximate surface area is 118 Å². The highest BCUT2D eigenvalue weighted by Crippen LogP contribution is 2.11. The van der Waals surface area contributed by atoms with E-state index in [1.165, 1.54) is 0 Å². The van der Waals surface area contributed by atoms with Gasteiger partial charge in [0.1, 0.15) is 18.2 Å². The van der Waals surface area contributed by atoms with Crippen molar-refractivity contribution in [2.75, 3.05) is 30.4 Å². The Bertz CT molecular complexity index is 426. The molecule has 0 saturated carbocycles. The minimum absolute atomic E-state index is 0.000712. The normalized spacial score (nSPS) is 10.2. The monoisotopic (exact) mass is 282 g/mol. The molecule has 1 aromatic rings. The fourth-order valence-electron chi connectivity index (χ4n) is 1.51. The fourth-order valence-corrected chi connectivity index (χ4v) is 1.51. The molecular formula is C12H22N6O2. The van der Waals surface area contributed by atoms with Gasteiger partial charge in [-0.1, -0.05) is 0 Å². The van der Waals surface area contributed by atoms with Crippen LogP contribution in [0.5, 0.6) is 0 Å². The van der Waals surface area contributed by atoms with Gasteiger partial charge in [-0.3, -0.25) is 4.79 Å². The predicted octanol–water partition coefficient (Wildman–Crippen LogP) is 0.237. The molecule has 0 saturated heterocycles. The van der Waals surface area contributed by atoms with E-state index in [2.05, 4.69) is 26.0 Å². The Morgan fingerprint density at radius 1 is 1.35 bits per heavy atom. The zero-order valence-corrected chi connectivity index (χ0v) is 11.9. The first-order valence-corrected chi connectivity index (χ1v) is 6.62. The molecule has 0 aromatic carbocycles. The molecule has 0 aliphatic rings. The van der Waals surface area contributed by atoms with Gasteiger partial charge in [-0.2, -0.15) is 0 Å². The van der Waals surface area contributed by atoms with Crippen LogP contribution >= 0.6 is 0 Å². The van der Waals surface area contributed by atoms with Crippen molar-refractivity contribution < 1.29 is 9.53 Å². The molecule has 112 valence electrons. The van der Waals surface area contributed by atoms with E-state index in [4.69, 9.17) is 10.6 Å².